The fourth-order valence-electron chi connectivity index (χ4n) is 1.81. The monoisotopic (exact) mass is 325 g/mol. The number of carboxylic acid groups (broad SMARTS) is 1. The number of nitrogens with one attached hydrogen (secondary N) is 1. The molecule has 0 radical (unpaired) electrons. The summed E-state index contributed by atoms with van der Waals surface area (Å²) in [6.07, 6.45) is 0.806. The lowest BCUT2D eigenvalue weighted by Crippen LogP contribution is -2.33. The van der Waals surface area contributed by atoms with Gasteiger partial charge in [-0.05, 0) is 35.6 Å². The minimum Gasteiger partial charge on any atom is -0.480 e. The van der Waals surface area contributed by atoms with Crippen LogP contribution in [0.1, 0.15) is 23.4 Å². The van der Waals surface area contributed by atoms with Gasteiger partial charge in [-0.3, -0.25) is 4.79 Å². The van der Waals surface area contributed by atoms with Gasteiger partial charge in [-0.1, -0.05) is 25.1 Å². The number of carboxylic acids is 1. The van der Waals surface area contributed by atoms with Crippen LogP contribution in [0.15, 0.2) is 46.7 Å². The molecule has 1 aromatic carbocycles. The molecule has 0 spiro atoms. The van der Waals surface area contributed by atoms with Crippen molar-refractivity contribution < 1.29 is 18.3 Å². The molecular weight excluding hydrogens is 310 g/mol. The standard InChI is InChI=1S/C14H15NO4S2/c1-2-10-5-7-11(8-6-10)21(18,19)15-13(14(16)17)12-4-3-9-20-12/h3-9,13,15H,2H2,1H3,(H,16,17). The van der Waals surface area contributed by atoms with E-state index in [4.69, 9.17) is 0 Å². The lowest BCUT2D eigenvalue weighted by Gasteiger charge is -2.13. The van der Waals surface area contributed by atoms with Crippen molar-refractivity contribution in [1.29, 1.82) is 0 Å². The average Bonchev–Trinajstić information content (AvgIpc) is 2.98. The number of aliphatic carboxylic acids is 1. The summed E-state index contributed by atoms with van der Waals surface area (Å²) in [6.45, 7) is 1.97. The van der Waals surface area contributed by atoms with E-state index >= 15 is 0 Å². The molecule has 1 heterocycles. The number of rotatable bonds is 6. The molecule has 0 aliphatic carbocycles. The highest BCUT2D eigenvalue weighted by molar-refractivity contribution is 7.89. The van der Waals surface area contributed by atoms with E-state index in [1.54, 1.807) is 29.6 Å². The summed E-state index contributed by atoms with van der Waals surface area (Å²) in [5.41, 5.74) is 1.02. The first kappa shape index (κ1) is 15.7. The maximum Gasteiger partial charge on any atom is 0.327 e. The quantitative estimate of drug-likeness (QED) is 0.854. The summed E-state index contributed by atoms with van der Waals surface area (Å²) in [4.78, 5) is 11.8. The van der Waals surface area contributed by atoms with Crippen LogP contribution in [0.25, 0.3) is 0 Å². The molecule has 5 nitrogen and oxygen atoms in total. The van der Waals surface area contributed by atoms with Gasteiger partial charge in [0.15, 0.2) is 6.04 Å². The fourth-order valence-corrected chi connectivity index (χ4v) is 3.82. The van der Waals surface area contributed by atoms with E-state index in [0.717, 1.165) is 12.0 Å². The van der Waals surface area contributed by atoms with Gasteiger partial charge in [0, 0.05) is 4.88 Å². The molecule has 2 rings (SSSR count). The van der Waals surface area contributed by atoms with Gasteiger partial charge in [-0.15, -0.1) is 11.3 Å². The molecule has 0 saturated heterocycles. The molecule has 2 N–H and O–H groups in total. The van der Waals surface area contributed by atoms with Crippen LogP contribution in [0.3, 0.4) is 0 Å². The first-order chi connectivity index (χ1) is 9.94. The Morgan fingerprint density at radius 3 is 2.43 bits per heavy atom. The Balaban J connectivity index is 2.28. The molecule has 7 heteroatoms. The molecule has 112 valence electrons. The molecule has 0 bridgehead atoms. The molecule has 1 unspecified atom stereocenters. The van der Waals surface area contributed by atoms with E-state index in [-0.39, 0.29) is 4.90 Å². The second kappa shape index (κ2) is 6.38. The smallest absolute Gasteiger partial charge is 0.327 e. The van der Waals surface area contributed by atoms with Crippen molar-refractivity contribution in [2.75, 3.05) is 0 Å². The summed E-state index contributed by atoms with van der Waals surface area (Å²) >= 11 is 1.19. The Morgan fingerprint density at radius 2 is 1.95 bits per heavy atom. The van der Waals surface area contributed by atoms with Gasteiger partial charge in [0.05, 0.1) is 4.90 Å². The summed E-state index contributed by atoms with van der Waals surface area (Å²) in [5, 5.41) is 10.9. The lowest BCUT2D eigenvalue weighted by atomic mass is 10.2. The molecule has 1 aromatic heterocycles. The first-order valence-corrected chi connectivity index (χ1v) is 8.68. The zero-order valence-electron chi connectivity index (χ0n) is 11.3. The van der Waals surface area contributed by atoms with E-state index in [0.29, 0.717) is 4.88 Å². The van der Waals surface area contributed by atoms with E-state index in [9.17, 15) is 18.3 Å². The molecule has 0 amide bonds. The second-order valence-electron chi connectivity index (χ2n) is 4.41. The number of thiophene rings is 1. The number of carbonyl (C=O) groups is 1. The number of benzene rings is 1. The van der Waals surface area contributed by atoms with E-state index in [2.05, 4.69) is 4.72 Å². The van der Waals surface area contributed by atoms with Crippen molar-refractivity contribution in [1.82, 2.24) is 4.72 Å². The number of aryl methyl sites for hydroxylation is 1. The zero-order valence-corrected chi connectivity index (χ0v) is 12.9. The Bertz CT molecular complexity index is 706. The van der Waals surface area contributed by atoms with E-state index < -0.39 is 22.0 Å². The Morgan fingerprint density at radius 1 is 1.29 bits per heavy atom. The Hall–Kier alpha value is -1.70. The molecule has 21 heavy (non-hydrogen) atoms. The third kappa shape index (κ3) is 3.69. The summed E-state index contributed by atoms with van der Waals surface area (Å²) in [6, 6.07) is 8.39. The SMILES string of the molecule is CCc1ccc(S(=O)(=O)NC(C(=O)O)c2cccs2)cc1. The van der Waals surface area contributed by atoms with Crippen LogP contribution in [-0.4, -0.2) is 19.5 Å². The highest BCUT2D eigenvalue weighted by atomic mass is 32.2. The van der Waals surface area contributed by atoms with Crippen LogP contribution in [0.4, 0.5) is 0 Å². The van der Waals surface area contributed by atoms with Crippen molar-refractivity contribution >= 4 is 27.3 Å². The molecule has 0 fully saturated rings. The van der Waals surface area contributed by atoms with Crippen LogP contribution in [0, 0.1) is 0 Å². The minimum absolute atomic E-state index is 0.0579. The minimum atomic E-state index is -3.88. The molecule has 2 aromatic rings. The maximum absolute atomic E-state index is 12.3. The van der Waals surface area contributed by atoms with Gasteiger partial charge in [0.2, 0.25) is 10.0 Å². The molecule has 0 saturated carbocycles. The van der Waals surface area contributed by atoms with Gasteiger partial charge in [-0.2, -0.15) is 4.72 Å². The number of hydrogen-bond acceptors (Lipinski definition) is 4. The topological polar surface area (TPSA) is 83.5 Å². The summed E-state index contributed by atoms with van der Waals surface area (Å²) in [7, 11) is -3.88. The van der Waals surface area contributed by atoms with Gasteiger partial charge in [0.1, 0.15) is 0 Å². The molecule has 0 aliphatic heterocycles. The van der Waals surface area contributed by atoms with Crippen LogP contribution in [0.5, 0.6) is 0 Å². The van der Waals surface area contributed by atoms with Crippen LogP contribution in [-0.2, 0) is 21.2 Å². The lowest BCUT2D eigenvalue weighted by molar-refractivity contribution is -0.139. The number of hydrogen-bond donors (Lipinski definition) is 2. The van der Waals surface area contributed by atoms with Gasteiger partial charge in [-0.25, -0.2) is 8.42 Å². The second-order valence-corrected chi connectivity index (χ2v) is 7.10. The fraction of sp³-hybridized carbons (Fsp3) is 0.214. The van der Waals surface area contributed by atoms with Crippen molar-refractivity contribution in [3.8, 4) is 0 Å². The van der Waals surface area contributed by atoms with Gasteiger partial charge < -0.3 is 5.11 Å². The Labute approximate surface area is 127 Å². The highest BCUT2D eigenvalue weighted by Gasteiger charge is 2.27. The normalized spacial score (nSPS) is 13.0. The maximum atomic E-state index is 12.3. The van der Waals surface area contributed by atoms with Crippen LogP contribution < -0.4 is 4.72 Å². The average molecular weight is 325 g/mol. The molecule has 1 atom stereocenters. The third-order valence-electron chi connectivity index (χ3n) is 2.99. The van der Waals surface area contributed by atoms with Crippen molar-refractivity contribution in [3.63, 3.8) is 0 Å². The summed E-state index contributed by atoms with van der Waals surface area (Å²) < 4.78 is 26.8. The predicted octanol–water partition coefficient (Wildman–Crippen LogP) is 2.41. The molecule has 0 aliphatic rings. The first-order valence-electron chi connectivity index (χ1n) is 6.31. The number of sulfonamides is 1. The Kier molecular flexibility index (Phi) is 4.76. The predicted molar refractivity (Wildman–Crippen MR) is 80.8 cm³/mol. The van der Waals surface area contributed by atoms with Crippen molar-refractivity contribution in [2.24, 2.45) is 0 Å². The van der Waals surface area contributed by atoms with Gasteiger partial charge in [0.25, 0.3) is 0 Å². The zero-order chi connectivity index (χ0) is 15.5. The van der Waals surface area contributed by atoms with Crippen molar-refractivity contribution in [3.05, 3.63) is 52.2 Å². The molecular formula is C14H15NO4S2. The van der Waals surface area contributed by atoms with E-state index in [1.165, 1.54) is 23.5 Å². The van der Waals surface area contributed by atoms with Crippen LogP contribution >= 0.6 is 11.3 Å². The highest BCUT2D eigenvalue weighted by Crippen LogP contribution is 2.22. The van der Waals surface area contributed by atoms with Crippen LogP contribution in [0.2, 0.25) is 0 Å². The van der Waals surface area contributed by atoms with Crippen molar-refractivity contribution in [2.45, 2.75) is 24.3 Å². The summed E-state index contributed by atoms with van der Waals surface area (Å²) in [5.74, 6) is -1.23. The van der Waals surface area contributed by atoms with Gasteiger partial charge >= 0.3 is 5.97 Å². The van der Waals surface area contributed by atoms with E-state index in [1.807, 2.05) is 6.92 Å². The third-order valence-corrected chi connectivity index (χ3v) is 5.37. The largest absolute Gasteiger partial charge is 0.480 e.